The van der Waals surface area contributed by atoms with E-state index in [4.69, 9.17) is 0 Å². The number of rotatable bonds is 1. The Morgan fingerprint density at radius 1 is 1.42 bits per heavy atom. The van der Waals surface area contributed by atoms with Gasteiger partial charge in [-0.1, -0.05) is 0 Å². The third-order valence-corrected chi connectivity index (χ3v) is 4.16. The maximum atomic E-state index is 2.47. The topological polar surface area (TPSA) is 0 Å². The van der Waals surface area contributed by atoms with Crippen molar-refractivity contribution in [2.75, 3.05) is 0 Å². The SMILES string of the molecule is CCC1=CC2=C(CCCC2)[CH]1[Ti]. The van der Waals surface area contributed by atoms with E-state index in [2.05, 4.69) is 33.4 Å². The molecule has 2 aliphatic rings. The fraction of sp³-hybridized carbons (Fsp3) is 0.636. The van der Waals surface area contributed by atoms with Crippen LogP contribution in [0.2, 0.25) is 4.22 Å². The molecule has 63 valence electrons. The Morgan fingerprint density at radius 3 is 2.83 bits per heavy atom. The van der Waals surface area contributed by atoms with E-state index in [1.54, 1.807) is 16.7 Å². The molecule has 0 radical (unpaired) electrons. The second-order valence-electron chi connectivity index (χ2n) is 3.76. The van der Waals surface area contributed by atoms with Gasteiger partial charge in [0.2, 0.25) is 0 Å². The van der Waals surface area contributed by atoms with E-state index in [1.165, 1.54) is 32.1 Å². The van der Waals surface area contributed by atoms with E-state index in [0.29, 0.717) is 0 Å². The standard InChI is InChI=1S/C11H15.Ti/c1-2-9-7-10-5-3-4-6-11(10)8-9;/h7-8H,2-6H2,1H3;. The number of allylic oxidation sites excluding steroid dienone is 4. The summed E-state index contributed by atoms with van der Waals surface area (Å²) in [4.78, 5) is 0. The first-order chi connectivity index (χ1) is 5.83. The van der Waals surface area contributed by atoms with Crippen LogP contribution in [0.4, 0.5) is 0 Å². The van der Waals surface area contributed by atoms with Gasteiger partial charge < -0.3 is 0 Å². The summed E-state index contributed by atoms with van der Waals surface area (Å²) in [6.07, 6.45) is 9.28. The van der Waals surface area contributed by atoms with Gasteiger partial charge in [0.25, 0.3) is 0 Å². The minimum absolute atomic E-state index is 0.783. The Morgan fingerprint density at radius 2 is 2.17 bits per heavy atom. The molecule has 0 fully saturated rings. The molecule has 0 bridgehead atoms. The van der Waals surface area contributed by atoms with Gasteiger partial charge >= 0.3 is 86.5 Å². The molecule has 2 rings (SSSR count). The molecular formula is C11H15Ti. The molecule has 0 aliphatic heterocycles. The predicted molar refractivity (Wildman–Crippen MR) is 47.6 cm³/mol. The fourth-order valence-corrected chi connectivity index (χ4v) is 3.25. The molecule has 0 heterocycles. The monoisotopic (exact) mass is 195 g/mol. The molecule has 0 aromatic heterocycles. The van der Waals surface area contributed by atoms with E-state index in [0.717, 1.165) is 4.22 Å². The summed E-state index contributed by atoms with van der Waals surface area (Å²) in [5, 5.41) is 0. The van der Waals surface area contributed by atoms with E-state index in [1.807, 2.05) is 0 Å². The fourth-order valence-electron chi connectivity index (χ4n) is 2.28. The van der Waals surface area contributed by atoms with Gasteiger partial charge in [-0.05, 0) is 0 Å². The first-order valence-corrected chi connectivity index (χ1v) is 5.86. The molecule has 0 aromatic carbocycles. The third-order valence-electron chi connectivity index (χ3n) is 3.04. The molecule has 1 atom stereocenters. The van der Waals surface area contributed by atoms with Crippen molar-refractivity contribution < 1.29 is 20.4 Å². The van der Waals surface area contributed by atoms with E-state index >= 15 is 0 Å². The quantitative estimate of drug-likeness (QED) is 0.561. The van der Waals surface area contributed by atoms with Crippen LogP contribution in [0.1, 0.15) is 39.0 Å². The summed E-state index contributed by atoms with van der Waals surface area (Å²) in [6, 6.07) is 0. The summed E-state index contributed by atoms with van der Waals surface area (Å²) in [7, 11) is 0. The minimum atomic E-state index is 0.783. The Kier molecular flexibility index (Phi) is 2.57. The number of hydrogen-bond donors (Lipinski definition) is 0. The molecule has 0 aromatic rings. The summed E-state index contributed by atoms with van der Waals surface area (Å²) in [5.74, 6) is 0. The van der Waals surface area contributed by atoms with Crippen molar-refractivity contribution in [3.8, 4) is 0 Å². The Labute approximate surface area is 86.5 Å². The summed E-state index contributed by atoms with van der Waals surface area (Å²) in [6.45, 7) is 2.28. The van der Waals surface area contributed by atoms with Crippen LogP contribution in [0.3, 0.4) is 0 Å². The van der Waals surface area contributed by atoms with Crippen molar-refractivity contribution >= 4 is 0 Å². The van der Waals surface area contributed by atoms with E-state index in [9.17, 15) is 0 Å². The molecular weight excluding hydrogens is 180 g/mol. The zero-order chi connectivity index (χ0) is 8.55. The summed E-state index contributed by atoms with van der Waals surface area (Å²) < 4.78 is 0.783. The van der Waals surface area contributed by atoms with Crippen LogP contribution >= 0.6 is 0 Å². The molecule has 0 nitrogen and oxygen atoms in total. The molecule has 0 spiro atoms. The van der Waals surface area contributed by atoms with Gasteiger partial charge in [-0.3, -0.25) is 0 Å². The number of hydrogen-bond acceptors (Lipinski definition) is 0. The van der Waals surface area contributed by atoms with Gasteiger partial charge in [-0.2, -0.15) is 0 Å². The van der Waals surface area contributed by atoms with Gasteiger partial charge in [0.05, 0.1) is 0 Å². The van der Waals surface area contributed by atoms with Crippen molar-refractivity contribution in [2.45, 2.75) is 43.3 Å². The van der Waals surface area contributed by atoms with Crippen LogP contribution in [0.5, 0.6) is 0 Å². The second kappa shape index (κ2) is 3.51. The first-order valence-electron chi connectivity index (χ1n) is 4.96. The Balaban J connectivity index is 2.24. The van der Waals surface area contributed by atoms with Crippen molar-refractivity contribution in [2.24, 2.45) is 0 Å². The van der Waals surface area contributed by atoms with Crippen LogP contribution in [-0.2, 0) is 20.4 Å². The van der Waals surface area contributed by atoms with Crippen LogP contribution in [0.15, 0.2) is 22.8 Å². The van der Waals surface area contributed by atoms with Crippen LogP contribution in [0.25, 0.3) is 0 Å². The van der Waals surface area contributed by atoms with Gasteiger partial charge in [-0.25, -0.2) is 0 Å². The van der Waals surface area contributed by atoms with Crippen molar-refractivity contribution in [3.05, 3.63) is 22.8 Å². The van der Waals surface area contributed by atoms with Crippen molar-refractivity contribution in [1.29, 1.82) is 0 Å². The van der Waals surface area contributed by atoms with Gasteiger partial charge in [-0.15, -0.1) is 0 Å². The van der Waals surface area contributed by atoms with Crippen LogP contribution < -0.4 is 0 Å². The van der Waals surface area contributed by atoms with Gasteiger partial charge in [0.15, 0.2) is 0 Å². The normalized spacial score (nSPS) is 28.7. The van der Waals surface area contributed by atoms with Gasteiger partial charge in [0, 0.05) is 0 Å². The van der Waals surface area contributed by atoms with Crippen LogP contribution in [-0.4, -0.2) is 0 Å². The average Bonchev–Trinajstić information content (AvgIpc) is 2.44. The van der Waals surface area contributed by atoms with Crippen LogP contribution in [0, 0.1) is 0 Å². The second-order valence-corrected chi connectivity index (χ2v) is 4.66. The third kappa shape index (κ3) is 1.36. The molecule has 0 N–H and O–H groups in total. The van der Waals surface area contributed by atoms with E-state index < -0.39 is 0 Å². The predicted octanol–water partition coefficient (Wildman–Crippen LogP) is 3.54. The molecule has 2 aliphatic carbocycles. The Bertz CT molecular complexity index is 248. The molecule has 0 amide bonds. The van der Waals surface area contributed by atoms with Crippen molar-refractivity contribution in [3.63, 3.8) is 0 Å². The average molecular weight is 195 g/mol. The molecule has 0 saturated carbocycles. The molecule has 1 heteroatoms. The van der Waals surface area contributed by atoms with E-state index in [-0.39, 0.29) is 0 Å². The summed E-state index contributed by atoms with van der Waals surface area (Å²) >= 11 is 2.38. The Hall–Kier alpha value is 0.194. The molecule has 0 saturated heterocycles. The van der Waals surface area contributed by atoms with Gasteiger partial charge in [0.1, 0.15) is 0 Å². The first kappa shape index (κ1) is 8.78. The summed E-state index contributed by atoms with van der Waals surface area (Å²) in [5.41, 5.74) is 5.12. The maximum absolute atomic E-state index is 2.47. The molecule has 12 heavy (non-hydrogen) atoms. The molecule has 1 unspecified atom stereocenters. The van der Waals surface area contributed by atoms with Crippen molar-refractivity contribution in [1.82, 2.24) is 0 Å². The zero-order valence-electron chi connectivity index (χ0n) is 7.69. The zero-order valence-corrected chi connectivity index (χ0v) is 9.25.